The molecule has 1 unspecified atom stereocenters. The van der Waals surface area contributed by atoms with Crippen LogP contribution in [0.3, 0.4) is 0 Å². The minimum absolute atomic E-state index is 0.181. The molecule has 14 heavy (non-hydrogen) atoms. The van der Waals surface area contributed by atoms with Gasteiger partial charge in [-0.2, -0.15) is 0 Å². The first kappa shape index (κ1) is 9.30. The molecule has 0 amide bonds. The van der Waals surface area contributed by atoms with Gasteiger partial charge in [0.05, 0.1) is 6.10 Å². The van der Waals surface area contributed by atoms with Crippen molar-refractivity contribution in [2.45, 2.75) is 13.0 Å². The highest BCUT2D eigenvalue weighted by Gasteiger charge is 2.23. The Morgan fingerprint density at radius 3 is 3.00 bits per heavy atom. The molecule has 0 saturated carbocycles. The minimum Gasteiger partial charge on any atom is -0.454 e. The quantitative estimate of drug-likeness (QED) is 0.729. The molecule has 4 nitrogen and oxygen atoms in total. The van der Waals surface area contributed by atoms with E-state index in [0.29, 0.717) is 11.5 Å². The molecule has 2 rings (SSSR count). The molecule has 0 aliphatic carbocycles. The summed E-state index contributed by atoms with van der Waals surface area (Å²) in [5.41, 5.74) is 7.12. The van der Waals surface area contributed by atoms with Crippen LogP contribution in [0.2, 0.25) is 0 Å². The van der Waals surface area contributed by atoms with E-state index in [4.69, 9.17) is 15.2 Å². The van der Waals surface area contributed by atoms with Gasteiger partial charge in [0, 0.05) is 12.1 Å². The maximum atomic E-state index is 9.71. The fraction of sp³-hybridized carbons (Fsp3) is 0.400. The van der Waals surface area contributed by atoms with Gasteiger partial charge in [0.1, 0.15) is 0 Å². The van der Waals surface area contributed by atoms with Gasteiger partial charge in [-0.25, -0.2) is 0 Å². The van der Waals surface area contributed by atoms with Crippen molar-refractivity contribution in [1.82, 2.24) is 0 Å². The molecule has 0 bridgehead atoms. The van der Waals surface area contributed by atoms with Gasteiger partial charge >= 0.3 is 0 Å². The standard InChI is InChI=1S/C10H13NO3/c1-6-2-3-8-10(14-5-13-8)9(6)7(12)4-11/h2-3,7,12H,4-5,11H2,1H3. The normalized spacial score (nSPS) is 15.6. The number of hydrogen-bond acceptors (Lipinski definition) is 4. The number of fused-ring (bicyclic) bond motifs is 1. The zero-order valence-electron chi connectivity index (χ0n) is 7.99. The minimum atomic E-state index is -0.688. The van der Waals surface area contributed by atoms with E-state index in [1.165, 1.54) is 0 Å². The zero-order valence-corrected chi connectivity index (χ0v) is 7.99. The van der Waals surface area contributed by atoms with Gasteiger partial charge in [0.2, 0.25) is 6.79 Å². The first-order valence-electron chi connectivity index (χ1n) is 4.51. The highest BCUT2D eigenvalue weighted by atomic mass is 16.7. The van der Waals surface area contributed by atoms with E-state index in [1.54, 1.807) is 0 Å². The number of aliphatic hydroxyl groups excluding tert-OH is 1. The van der Waals surface area contributed by atoms with Crippen molar-refractivity contribution in [3.05, 3.63) is 23.3 Å². The molecule has 3 N–H and O–H groups in total. The second-order valence-corrected chi connectivity index (χ2v) is 3.28. The maximum absolute atomic E-state index is 9.71. The predicted molar refractivity (Wildman–Crippen MR) is 51.3 cm³/mol. The number of benzene rings is 1. The number of nitrogens with two attached hydrogens (primary N) is 1. The largest absolute Gasteiger partial charge is 0.454 e. The molecular formula is C10H13NO3. The van der Waals surface area contributed by atoms with Crippen molar-refractivity contribution in [1.29, 1.82) is 0 Å². The van der Waals surface area contributed by atoms with Crippen molar-refractivity contribution in [2.24, 2.45) is 5.73 Å². The molecule has 1 aromatic rings. The predicted octanol–water partition coefficient (Wildman–Crippen LogP) is 0.716. The fourth-order valence-corrected chi connectivity index (χ4v) is 1.62. The molecule has 0 spiro atoms. The van der Waals surface area contributed by atoms with Gasteiger partial charge in [-0.1, -0.05) is 6.07 Å². The summed E-state index contributed by atoms with van der Waals surface area (Å²) in [6.07, 6.45) is -0.688. The summed E-state index contributed by atoms with van der Waals surface area (Å²) in [4.78, 5) is 0. The molecule has 4 heteroatoms. The third-order valence-corrected chi connectivity index (χ3v) is 2.35. The van der Waals surface area contributed by atoms with Crippen molar-refractivity contribution in [3.63, 3.8) is 0 Å². The van der Waals surface area contributed by atoms with Gasteiger partial charge in [0.15, 0.2) is 11.5 Å². The molecule has 0 radical (unpaired) electrons. The summed E-state index contributed by atoms with van der Waals surface area (Å²) in [7, 11) is 0. The van der Waals surface area contributed by atoms with Gasteiger partial charge in [-0.15, -0.1) is 0 Å². The van der Waals surface area contributed by atoms with E-state index in [9.17, 15) is 5.11 Å². The summed E-state index contributed by atoms with van der Waals surface area (Å²) in [5, 5.41) is 9.71. The first-order chi connectivity index (χ1) is 6.74. The molecule has 1 aliphatic rings. The SMILES string of the molecule is Cc1ccc2c(c1C(O)CN)OCO2. The number of ether oxygens (including phenoxy) is 2. The van der Waals surface area contributed by atoms with Crippen LogP contribution in [0.5, 0.6) is 11.5 Å². The fourth-order valence-electron chi connectivity index (χ4n) is 1.62. The van der Waals surface area contributed by atoms with Crippen molar-refractivity contribution < 1.29 is 14.6 Å². The summed E-state index contributed by atoms with van der Waals surface area (Å²) < 4.78 is 10.5. The van der Waals surface area contributed by atoms with E-state index < -0.39 is 6.10 Å². The average Bonchev–Trinajstić information content (AvgIpc) is 2.64. The summed E-state index contributed by atoms with van der Waals surface area (Å²) in [5.74, 6) is 1.31. The van der Waals surface area contributed by atoms with Gasteiger partial charge in [0.25, 0.3) is 0 Å². The van der Waals surface area contributed by atoms with Crippen LogP contribution in [0.4, 0.5) is 0 Å². The van der Waals surface area contributed by atoms with Crippen LogP contribution in [0.15, 0.2) is 12.1 Å². The van der Waals surface area contributed by atoms with E-state index in [2.05, 4.69) is 0 Å². The zero-order chi connectivity index (χ0) is 10.1. The molecule has 1 aliphatic heterocycles. The van der Waals surface area contributed by atoms with Gasteiger partial charge in [-0.3, -0.25) is 0 Å². The molecule has 0 saturated heterocycles. The second-order valence-electron chi connectivity index (χ2n) is 3.28. The van der Waals surface area contributed by atoms with Crippen LogP contribution in [0.25, 0.3) is 0 Å². The Kier molecular flexibility index (Phi) is 2.31. The van der Waals surface area contributed by atoms with Crippen LogP contribution < -0.4 is 15.2 Å². The van der Waals surface area contributed by atoms with Crippen LogP contribution in [-0.2, 0) is 0 Å². The third kappa shape index (κ3) is 1.32. The average molecular weight is 195 g/mol. The topological polar surface area (TPSA) is 64.7 Å². The highest BCUT2D eigenvalue weighted by Crippen LogP contribution is 2.40. The Labute approximate surface area is 82.2 Å². The number of aryl methyl sites for hydroxylation is 1. The van der Waals surface area contributed by atoms with E-state index in [0.717, 1.165) is 11.1 Å². The Morgan fingerprint density at radius 2 is 2.29 bits per heavy atom. The third-order valence-electron chi connectivity index (χ3n) is 2.35. The van der Waals surface area contributed by atoms with E-state index in [1.807, 2.05) is 19.1 Å². The Hall–Kier alpha value is -1.26. The van der Waals surface area contributed by atoms with E-state index >= 15 is 0 Å². The lowest BCUT2D eigenvalue weighted by atomic mass is 10.0. The summed E-state index contributed by atoms with van der Waals surface area (Å²) in [6.45, 7) is 2.31. The Balaban J connectivity index is 2.51. The summed E-state index contributed by atoms with van der Waals surface area (Å²) in [6, 6.07) is 3.73. The molecule has 76 valence electrons. The Bertz CT molecular complexity index is 351. The molecule has 0 fully saturated rings. The number of rotatable bonds is 2. The molecule has 0 aromatic heterocycles. The number of hydrogen-bond donors (Lipinski definition) is 2. The molecule has 1 aromatic carbocycles. The maximum Gasteiger partial charge on any atom is 0.231 e. The smallest absolute Gasteiger partial charge is 0.231 e. The lowest BCUT2D eigenvalue weighted by Crippen LogP contribution is -2.13. The van der Waals surface area contributed by atoms with Crippen molar-refractivity contribution in [2.75, 3.05) is 13.3 Å². The van der Waals surface area contributed by atoms with Crippen LogP contribution in [0, 0.1) is 6.92 Å². The van der Waals surface area contributed by atoms with Crippen LogP contribution in [-0.4, -0.2) is 18.4 Å². The molecule has 1 heterocycles. The van der Waals surface area contributed by atoms with Crippen LogP contribution >= 0.6 is 0 Å². The van der Waals surface area contributed by atoms with Crippen molar-refractivity contribution >= 4 is 0 Å². The first-order valence-corrected chi connectivity index (χ1v) is 4.51. The monoisotopic (exact) mass is 195 g/mol. The number of aliphatic hydroxyl groups is 1. The highest BCUT2D eigenvalue weighted by molar-refractivity contribution is 5.52. The lowest BCUT2D eigenvalue weighted by molar-refractivity contribution is 0.160. The van der Waals surface area contributed by atoms with E-state index in [-0.39, 0.29) is 13.3 Å². The van der Waals surface area contributed by atoms with Crippen molar-refractivity contribution in [3.8, 4) is 11.5 Å². The second kappa shape index (κ2) is 3.48. The molecular weight excluding hydrogens is 182 g/mol. The molecule has 1 atom stereocenters. The van der Waals surface area contributed by atoms with Gasteiger partial charge in [-0.05, 0) is 18.6 Å². The Morgan fingerprint density at radius 1 is 1.50 bits per heavy atom. The summed E-state index contributed by atoms with van der Waals surface area (Å²) >= 11 is 0. The van der Waals surface area contributed by atoms with Gasteiger partial charge < -0.3 is 20.3 Å². The van der Waals surface area contributed by atoms with Crippen LogP contribution in [0.1, 0.15) is 17.2 Å². The lowest BCUT2D eigenvalue weighted by Gasteiger charge is -2.13.